The van der Waals surface area contributed by atoms with E-state index in [9.17, 15) is 4.79 Å². The molecule has 0 atom stereocenters. The Hall–Kier alpha value is -3.60. The molecule has 1 aromatic heterocycles. The molecule has 0 spiro atoms. The monoisotopic (exact) mass is 455 g/mol. The quantitative estimate of drug-likeness (QED) is 0.312. The van der Waals surface area contributed by atoms with Crippen LogP contribution in [-0.4, -0.2) is 22.1 Å². The number of fused-ring (bicyclic) bond motifs is 1. The van der Waals surface area contributed by atoms with Gasteiger partial charge in [0, 0.05) is 12.1 Å². The van der Waals surface area contributed by atoms with Crippen molar-refractivity contribution in [2.45, 2.75) is 53.6 Å². The number of rotatable bonds is 9. The van der Waals surface area contributed by atoms with Crippen molar-refractivity contribution in [3.8, 4) is 5.75 Å². The Labute approximate surface area is 201 Å². The van der Waals surface area contributed by atoms with Gasteiger partial charge >= 0.3 is 0 Å². The van der Waals surface area contributed by atoms with Crippen molar-refractivity contribution in [3.05, 3.63) is 94.3 Å². The summed E-state index contributed by atoms with van der Waals surface area (Å²) in [6, 6.07) is 20.2. The van der Waals surface area contributed by atoms with E-state index in [0.29, 0.717) is 18.7 Å². The fourth-order valence-corrected chi connectivity index (χ4v) is 4.27. The van der Waals surface area contributed by atoms with Crippen molar-refractivity contribution < 1.29 is 9.53 Å². The van der Waals surface area contributed by atoms with Crippen LogP contribution in [0.5, 0.6) is 5.75 Å². The maximum Gasteiger partial charge on any atom is 0.251 e. The van der Waals surface area contributed by atoms with E-state index in [0.717, 1.165) is 53.1 Å². The lowest BCUT2D eigenvalue weighted by atomic mass is 10.1. The van der Waals surface area contributed by atoms with E-state index in [-0.39, 0.29) is 5.91 Å². The number of nitrogens with one attached hydrogen (secondary N) is 1. The summed E-state index contributed by atoms with van der Waals surface area (Å²) in [5.41, 5.74) is 7.32. The Balaban J connectivity index is 1.40. The van der Waals surface area contributed by atoms with Crippen LogP contribution in [0.25, 0.3) is 11.0 Å². The highest BCUT2D eigenvalue weighted by molar-refractivity contribution is 5.95. The van der Waals surface area contributed by atoms with Crippen LogP contribution < -0.4 is 10.1 Å². The van der Waals surface area contributed by atoms with E-state index in [1.807, 2.05) is 62.4 Å². The summed E-state index contributed by atoms with van der Waals surface area (Å²) in [5.74, 6) is 1.76. The second-order valence-electron chi connectivity index (χ2n) is 8.92. The van der Waals surface area contributed by atoms with E-state index in [4.69, 9.17) is 9.72 Å². The number of carbonyl (C=O) groups is 1. The molecule has 0 fully saturated rings. The fourth-order valence-electron chi connectivity index (χ4n) is 4.27. The largest absolute Gasteiger partial charge is 0.493 e. The molecule has 34 heavy (non-hydrogen) atoms. The van der Waals surface area contributed by atoms with Gasteiger partial charge in [0.1, 0.15) is 11.6 Å². The van der Waals surface area contributed by atoms with Gasteiger partial charge in [-0.1, -0.05) is 42.0 Å². The average Bonchev–Trinajstić information content (AvgIpc) is 3.17. The molecular weight excluding hydrogens is 422 g/mol. The lowest BCUT2D eigenvalue weighted by Crippen LogP contribution is -2.25. The van der Waals surface area contributed by atoms with Crippen LogP contribution >= 0.6 is 0 Å². The van der Waals surface area contributed by atoms with Gasteiger partial charge in [-0.25, -0.2) is 4.98 Å². The molecule has 0 saturated carbocycles. The first-order chi connectivity index (χ1) is 16.4. The zero-order chi connectivity index (χ0) is 24.1. The zero-order valence-electron chi connectivity index (χ0n) is 20.5. The van der Waals surface area contributed by atoms with E-state index in [1.165, 1.54) is 11.1 Å². The van der Waals surface area contributed by atoms with E-state index in [1.54, 1.807) is 0 Å². The third-order valence-electron chi connectivity index (χ3n) is 6.36. The Morgan fingerprint density at radius 1 is 0.941 bits per heavy atom. The summed E-state index contributed by atoms with van der Waals surface area (Å²) in [5, 5.41) is 3.06. The number of ether oxygens (including phenoxy) is 1. The number of aryl methyl sites for hydroxylation is 4. The third-order valence-corrected chi connectivity index (χ3v) is 6.36. The highest BCUT2D eigenvalue weighted by Crippen LogP contribution is 2.21. The number of nitrogens with zero attached hydrogens (tertiary/aromatic N) is 2. The van der Waals surface area contributed by atoms with Crippen LogP contribution in [0.2, 0.25) is 0 Å². The van der Waals surface area contributed by atoms with Gasteiger partial charge in [0.15, 0.2) is 0 Å². The first-order valence-corrected chi connectivity index (χ1v) is 11.9. The van der Waals surface area contributed by atoms with E-state index >= 15 is 0 Å². The van der Waals surface area contributed by atoms with Crippen LogP contribution in [0.4, 0.5) is 0 Å². The fraction of sp³-hybridized carbons (Fsp3) is 0.310. The summed E-state index contributed by atoms with van der Waals surface area (Å²) in [6.07, 6.45) is 1.90. The molecule has 0 unspecified atom stereocenters. The van der Waals surface area contributed by atoms with Gasteiger partial charge in [-0.15, -0.1) is 0 Å². The number of aromatic nitrogens is 2. The summed E-state index contributed by atoms with van der Waals surface area (Å²) in [7, 11) is 0. The second kappa shape index (κ2) is 10.6. The molecule has 0 saturated heterocycles. The Morgan fingerprint density at radius 2 is 1.76 bits per heavy atom. The van der Waals surface area contributed by atoms with Crippen molar-refractivity contribution >= 4 is 16.9 Å². The van der Waals surface area contributed by atoms with Crippen LogP contribution in [0.15, 0.2) is 60.7 Å². The molecule has 1 amide bonds. The van der Waals surface area contributed by atoms with Gasteiger partial charge in [0.2, 0.25) is 0 Å². The zero-order valence-corrected chi connectivity index (χ0v) is 20.5. The van der Waals surface area contributed by atoms with Gasteiger partial charge in [-0.2, -0.15) is 0 Å². The molecule has 0 aliphatic rings. The molecule has 0 bridgehead atoms. The van der Waals surface area contributed by atoms with Crippen molar-refractivity contribution in [2.75, 3.05) is 6.61 Å². The maximum atomic E-state index is 12.8. The molecule has 0 radical (unpaired) electrons. The number of para-hydroxylation sites is 2. The van der Waals surface area contributed by atoms with Crippen LogP contribution in [-0.2, 0) is 13.1 Å². The molecular formula is C29H33N3O2. The van der Waals surface area contributed by atoms with Crippen LogP contribution in [0.1, 0.15) is 51.3 Å². The summed E-state index contributed by atoms with van der Waals surface area (Å²) >= 11 is 0. The average molecular weight is 456 g/mol. The van der Waals surface area contributed by atoms with Gasteiger partial charge < -0.3 is 14.6 Å². The smallest absolute Gasteiger partial charge is 0.251 e. The predicted octanol–water partition coefficient (Wildman–Crippen LogP) is 6.06. The lowest BCUT2D eigenvalue weighted by Gasteiger charge is -2.13. The normalized spacial score (nSPS) is 11.1. The molecule has 3 aromatic carbocycles. The lowest BCUT2D eigenvalue weighted by molar-refractivity contribution is 0.0949. The molecule has 4 rings (SSSR count). The number of unbranched alkanes of at least 4 members (excludes halogenated alkanes) is 1. The molecule has 176 valence electrons. The highest BCUT2D eigenvalue weighted by atomic mass is 16.5. The molecule has 0 aliphatic heterocycles. The number of imidazole rings is 1. The van der Waals surface area contributed by atoms with Crippen molar-refractivity contribution in [2.24, 2.45) is 0 Å². The van der Waals surface area contributed by atoms with Crippen molar-refractivity contribution in [3.63, 3.8) is 0 Å². The van der Waals surface area contributed by atoms with Crippen molar-refractivity contribution in [1.82, 2.24) is 14.9 Å². The molecule has 5 heteroatoms. The number of benzene rings is 3. The van der Waals surface area contributed by atoms with Crippen molar-refractivity contribution in [1.29, 1.82) is 0 Å². The summed E-state index contributed by atoms with van der Waals surface area (Å²) < 4.78 is 8.24. The number of hydrogen-bond acceptors (Lipinski definition) is 3. The second-order valence-corrected chi connectivity index (χ2v) is 8.92. The molecule has 1 heterocycles. The number of amides is 1. The maximum absolute atomic E-state index is 12.8. The number of carbonyl (C=O) groups excluding carboxylic acids is 1. The molecule has 0 aliphatic carbocycles. The van der Waals surface area contributed by atoms with E-state index in [2.05, 4.69) is 35.9 Å². The van der Waals surface area contributed by atoms with Gasteiger partial charge in [0.25, 0.3) is 5.91 Å². The minimum atomic E-state index is -0.0713. The SMILES string of the molecule is Cc1ccc(C(=O)NCc2nc3ccccc3n2CCCCOc2cccc(C)c2C)c(C)c1. The minimum Gasteiger partial charge on any atom is -0.493 e. The minimum absolute atomic E-state index is 0.0713. The standard InChI is InChI=1S/C29H33N3O2/c1-20-14-15-24(22(3)18-20)29(33)30-19-28-31-25-11-5-6-12-26(25)32(28)16-7-8-17-34-27-13-9-10-21(2)23(27)4/h5-6,9-15,18H,7-8,16-17,19H2,1-4H3,(H,30,33). The Morgan fingerprint density at radius 3 is 2.59 bits per heavy atom. The van der Waals surface area contributed by atoms with Gasteiger partial charge in [0.05, 0.1) is 24.2 Å². The first kappa shape index (κ1) is 23.6. The summed E-state index contributed by atoms with van der Waals surface area (Å²) in [6.45, 7) is 10.1. The van der Waals surface area contributed by atoms with Gasteiger partial charge in [-0.3, -0.25) is 4.79 Å². The molecule has 4 aromatic rings. The Bertz CT molecular complexity index is 1310. The van der Waals surface area contributed by atoms with Gasteiger partial charge in [-0.05, 0) is 81.5 Å². The summed E-state index contributed by atoms with van der Waals surface area (Å²) in [4.78, 5) is 17.6. The van der Waals surface area contributed by atoms with Crippen LogP contribution in [0, 0.1) is 27.7 Å². The Kier molecular flexibility index (Phi) is 7.31. The first-order valence-electron chi connectivity index (χ1n) is 11.9. The highest BCUT2D eigenvalue weighted by Gasteiger charge is 2.14. The predicted molar refractivity (Wildman–Crippen MR) is 137 cm³/mol. The third kappa shape index (κ3) is 5.30. The van der Waals surface area contributed by atoms with E-state index < -0.39 is 0 Å². The molecule has 1 N–H and O–H groups in total. The van der Waals surface area contributed by atoms with Crippen LogP contribution in [0.3, 0.4) is 0 Å². The number of hydrogen-bond donors (Lipinski definition) is 1. The topological polar surface area (TPSA) is 56.2 Å². The molecule has 5 nitrogen and oxygen atoms in total.